The van der Waals surface area contributed by atoms with Gasteiger partial charge in [-0.3, -0.25) is 0 Å². The third kappa shape index (κ3) is 3.48. The third-order valence-corrected chi connectivity index (χ3v) is 2.60. The quantitative estimate of drug-likeness (QED) is 0.647. The molecule has 0 unspecified atom stereocenters. The molecule has 0 spiro atoms. The molecular formula is C9H18F2O. The summed E-state index contributed by atoms with van der Waals surface area (Å²) < 4.78 is 27.8. The maximum Gasteiger partial charge on any atom is 0.345 e. The molecule has 1 nitrogen and oxygen atoms in total. The van der Waals surface area contributed by atoms with Gasteiger partial charge in [-0.05, 0) is 10.8 Å². The van der Waals surface area contributed by atoms with Gasteiger partial charge in [-0.2, -0.15) is 8.78 Å². The van der Waals surface area contributed by atoms with Gasteiger partial charge in [0.15, 0.2) is 0 Å². The molecule has 0 aliphatic rings. The lowest BCUT2D eigenvalue weighted by atomic mass is 9.70. The summed E-state index contributed by atoms with van der Waals surface area (Å²) in [6.45, 7) is 7.33. The van der Waals surface area contributed by atoms with Gasteiger partial charge in [-0.15, -0.1) is 0 Å². The van der Waals surface area contributed by atoms with Gasteiger partial charge >= 0.3 is 6.61 Å². The van der Waals surface area contributed by atoms with Gasteiger partial charge in [0.05, 0.1) is 6.61 Å². The van der Waals surface area contributed by atoms with E-state index in [1.54, 1.807) is 0 Å². The van der Waals surface area contributed by atoms with E-state index in [1.807, 2.05) is 34.6 Å². The average Bonchev–Trinajstić information content (AvgIpc) is 1.81. The molecule has 12 heavy (non-hydrogen) atoms. The van der Waals surface area contributed by atoms with Gasteiger partial charge in [0.25, 0.3) is 0 Å². The van der Waals surface area contributed by atoms with Crippen molar-refractivity contribution in [2.24, 2.45) is 10.8 Å². The number of ether oxygens (including phenoxy) is 1. The van der Waals surface area contributed by atoms with Gasteiger partial charge < -0.3 is 4.74 Å². The minimum Gasteiger partial charge on any atom is -0.322 e. The van der Waals surface area contributed by atoms with Crippen molar-refractivity contribution in [1.82, 2.24) is 0 Å². The fraction of sp³-hybridized carbons (Fsp3) is 1.00. The van der Waals surface area contributed by atoms with E-state index in [0.717, 1.165) is 0 Å². The smallest absolute Gasteiger partial charge is 0.322 e. The fourth-order valence-electron chi connectivity index (χ4n) is 0.488. The molecule has 0 saturated carbocycles. The summed E-state index contributed by atoms with van der Waals surface area (Å²) in [5.74, 6) is 0. The van der Waals surface area contributed by atoms with Gasteiger partial charge in [-0.1, -0.05) is 34.6 Å². The Morgan fingerprint density at radius 3 is 1.75 bits per heavy atom. The normalized spacial score (nSPS) is 14.0. The van der Waals surface area contributed by atoms with E-state index in [4.69, 9.17) is 0 Å². The standard InChI is InChI=1S/C9H18F2O/c1-8(2,3)9(4,5)6-12-7(10)11/h7H,6H2,1-5H3. The van der Waals surface area contributed by atoms with Crippen LogP contribution in [0.1, 0.15) is 34.6 Å². The second-order valence-electron chi connectivity index (χ2n) is 4.71. The van der Waals surface area contributed by atoms with Crippen LogP contribution in [0.15, 0.2) is 0 Å². The van der Waals surface area contributed by atoms with Crippen molar-refractivity contribution in [3.05, 3.63) is 0 Å². The van der Waals surface area contributed by atoms with Crippen LogP contribution in [0.4, 0.5) is 8.78 Å². The molecule has 0 bridgehead atoms. The van der Waals surface area contributed by atoms with Gasteiger partial charge in [0.1, 0.15) is 0 Å². The zero-order valence-electron chi connectivity index (χ0n) is 8.45. The summed E-state index contributed by atoms with van der Waals surface area (Å²) in [5.41, 5.74) is -0.259. The van der Waals surface area contributed by atoms with Crippen molar-refractivity contribution in [2.45, 2.75) is 41.2 Å². The van der Waals surface area contributed by atoms with Crippen LogP contribution < -0.4 is 0 Å². The van der Waals surface area contributed by atoms with E-state index >= 15 is 0 Å². The molecule has 0 atom stereocenters. The van der Waals surface area contributed by atoms with Crippen LogP contribution in [0.25, 0.3) is 0 Å². The molecule has 0 radical (unpaired) electrons. The largest absolute Gasteiger partial charge is 0.345 e. The van der Waals surface area contributed by atoms with Gasteiger partial charge in [0.2, 0.25) is 0 Å². The lowest BCUT2D eigenvalue weighted by molar-refractivity contribution is -0.160. The van der Waals surface area contributed by atoms with Crippen LogP contribution in [0, 0.1) is 10.8 Å². The maximum absolute atomic E-state index is 11.7. The van der Waals surface area contributed by atoms with Crippen LogP contribution in [-0.2, 0) is 4.74 Å². The van der Waals surface area contributed by atoms with Crippen LogP contribution in [0.3, 0.4) is 0 Å². The summed E-state index contributed by atoms with van der Waals surface area (Å²) in [5, 5.41) is 0. The predicted octanol–water partition coefficient (Wildman–Crippen LogP) is 3.30. The Morgan fingerprint density at radius 2 is 1.50 bits per heavy atom. The molecule has 0 aliphatic heterocycles. The number of hydrogen-bond acceptors (Lipinski definition) is 1. The molecule has 0 rings (SSSR count). The summed E-state index contributed by atoms with van der Waals surface area (Å²) >= 11 is 0. The number of rotatable bonds is 3. The van der Waals surface area contributed by atoms with Crippen molar-refractivity contribution >= 4 is 0 Å². The van der Waals surface area contributed by atoms with E-state index in [0.29, 0.717) is 0 Å². The van der Waals surface area contributed by atoms with Crippen molar-refractivity contribution in [3.63, 3.8) is 0 Å². The molecule has 0 saturated heterocycles. The Morgan fingerprint density at radius 1 is 1.08 bits per heavy atom. The molecule has 0 aromatic heterocycles. The fourth-order valence-corrected chi connectivity index (χ4v) is 0.488. The highest BCUT2D eigenvalue weighted by molar-refractivity contribution is 4.81. The molecule has 0 heterocycles. The van der Waals surface area contributed by atoms with E-state index < -0.39 is 6.61 Å². The first kappa shape index (κ1) is 11.8. The Balaban J connectivity index is 4.05. The molecule has 3 heteroatoms. The van der Waals surface area contributed by atoms with Crippen molar-refractivity contribution in [3.8, 4) is 0 Å². The zero-order chi connectivity index (χ0) is 9.99. The van der Waals surface area contributed by atoms with Gasteiger partial charge in [0, 0.05) is 0 Å². The second-order valence-corrected chi connectivity index (χ2v) is 4.71. The van der Waals surface area contributed by atoms with Gasteiger partial charge in [-0.25, -0.2) is 0 Å². The minimum absolute atomic E-state index is 0.0259. The highest BCUT2D eigenvalue weighted by Gasteiger charge is 2.33. The Hall–Kier alpha value is -0.180. The highest BCUT2D eigenvalue weighted by Crippen LogP contribution is 2.38. The lowest BCUT2D eigenvalue weighted by Gasteiger charge is -2.38. The van der Waals surface area contributed by atoms with E-state index in [1.165, 1.54) is 0 Å². The second kappa shape index (κ2) is 3.69. The number of alkyl halides is 2. The van der Waals surface area contributed by atoms with Crippen LogP contribution in [-0.4, -0.2) is 13.2 Å². The Kier molecular flexibility index (Phi) is 3.63. The zero-order valence-corrected chi connectivity index (χ0v) is 8.45. The Labute approximate surface area is 73.1 Å². The SMILES string of the molecule is CC(C)(C)C(C)(C)COC(F)F. The molecule has 0 N–H and O–H groups in total. The lowest BCUT2D eigenvalue weighted by Crippen LogP contribution is -2.34. The molecule has 0 aliphatic carbocycles. The van der Waals surface area contributed by atoms with Crippen LogP contribution in [0.5, 0.6) is 0 Å². The molecule has 0 aromatic rings. The van der Waals surface area contributed by atoms with Crippen molar-refractivity contribution < 1.29 is 13.5 Å². The number of halogens is 2. The molecular weight excluding hydrogens is 162 g/mol. The highest BCUT2D eigenvalue weighted by atomic mass is 19.3. The predicted molar refractivity (Wildman–Crippen MR) is 45.2 cm³/mol. The minimum atomic E-state index is -2.66. The van der Waals surface area contributed by atoms with E-state index in [9.17, 15) is 8.78 Å². The third-order valence-electron chi connectivity index (χ3n) is 2.60. The summed E-state index contributed by atoms with van der Waals surface area (Å²) in [6.07, 6.45) is 0. The topological polar surface area (TPSA) is 9.23 Å². The first-order chi connectivity index (χ1) is 5.17. The van der Waals surface area contributed by atoms with Crippen molar-refractivity contribution in [2.75, 3.05) is 6.61 Å². The summed E-state index contributed by atoms with van der Waals surface area (Å²) in [6, 6.07) is 0. The summed E-state index contributed by atoms with van der Waals surface area (Å²) in [7, 11) is 0. The van der Waals surface area contributed by atoms with Crippen LogP contribution >= 0.6 is 0 Å². The maximum atomic E-state index is 11.7. The monoisotopic (exact) mass is 180 g/mol. The molecule has 0 amide bonds. The number of hydrogen-bond donors (Lipinski definition) is 0. The Bertz CT molecular complexity index is 136. The first-order valence-corrected chi connectivity index (χ1v) is 4.06. The van der Waals surface area contributed by atoms with E-state index in [2.05, 4.69) is 4.74 Å². The van der Waals surface area contributed by atoms with Crippen LogP contribution in [0.2, 0.25) is 0 Å². The van der Waals surface area contributed by atoms with E-state index in [-0.39, 0.29) is 17.4 Å². The average molecular weight is 180 g/mol. The van der Waals surface area contributed by atoms with Crippen molar-refractivity contribution in [1.29, 1.82) is 0 Å². The first-order valence-electron chi connectivity index (χ1n) is 4.06. The summed E-state index contributed by atoms with van der Waals surface area (Å²) in [4.78, 5) is 0. The molecule has 74 valence electrons. The molecule has 0 aromatic carbocycles. The molecule has 0 fully saturated rings.